The van der Waals surface area contributed by atoms with Gasteiger partial charge >= 0.3 is 5.97 Å². The van der Waals surface area contributed by atoms with Gasteiger partial charge in [-0.15, -0.1) is 0 Å². The SMILES string of the molecule is COC(=O)C1CCCCN1C(=O)c1cccc(C)c1F. The summed E-state index contributed by atoms with van der Waals surface area (Å²) < 4.78 is 18.8. The van der Waals surface area contributed by atoms with Crippen LogP contribution in [0.25, 0.3) is 0 Å². The van der Waals surface area contributed by atoms with E-state index in [0.29, 0.717) is 18.5 Å². The highest BCUT2D eigenvalue weighted by molar-refractivity contribution is 5.97. The van der Waals surface area contributed by atoms with Gasteiger partial charge in [0.1, 0.15) is 11.9 Å². The average molecular weight is 279 g/mol. The summed E-state index contributed by atoms with van der Waals surface area (Å²) in [6.45, 7) is 2.06. The van der Waals surface area contributed by atoms with Gasteiger partial charge < -0.3 is 9.64 Å². The molecule has 1 heterocycles. The van der Waals surface area contributed by atoms with Crippen LogP contribution in [-0.4, -0.2) is 36.5 Å². The molecular formula is C15H18FNO3. The van der Waals surface area contributed by atoms with Crippen molar-refractivity contribution >= 4 is 11.9 Å². The Morgan fingerprint density at radius 2 is 2.10 bits per heavy atom. The van der Waals surface area contributed by atoms with Crippen LogP contribution >= 0.6 is 0 Å². The van der Waals surface area contributed by atoms with Gasteiger partial charge in [-0.25, -0.2) is 9.18 Å². The van der Waals surface area contributed by atoms with Crippen molar-refractivity contribution in [3.63, 3.8) is 0 Å². The first-order valence-corrected chi connectivity index (χ1v) is 6.70. The number of carbonyl (C=O) groups excluding carboxylic acids is 2. The quantitative estimate of drug-likeness (QED) is 0.780. The third kappa shape index (κ3) is 2.66. The van der Waals surface area contributed by atoms with E-state index in [9.17, 15) is 14.0 Å². The molecule has 1 amide bonds. The standard InChI is InChI=1S/C15H18FNO3/c1-10-6-5-7-11(13(10)16)14(18)17-9-4-3-8-12(17)15(19)20-2/h5-7,12H,3-4,8-9H2,1-2H3. The zero-order valence-corrected chi connectivity index (χ0v) is 11.7. The first kappa shape index (κ1) is 14.5. The molecule has 1 aromatic carbocycles. The summed E-state index contributed by atoms with van der Waals surface area (Å²) >= 11 is 0. The Labute approximate surface area is 117 Å². The largest absolute Gasteiger partial charge is 0.467 e. The van der Waals surface area contributed by atoms with Crippen molar-refractivity contribution in [1.82, 2.24) is 4.90 Å². The Morgan fingerprint density at radius 3 is 2.80 bits per heavy atom. The zero-order chi connectivity index (χ0) is 14.7. The van der Waals surface area contributed by atoms with Crippen LogP contribution in [0.5, 0.6) is 0 Å². The Morgan fingerprint density at radius 1 is 1.35 bits per heavy atom. The van der Waals surface area contributed by atoms with Crippen LogP contribution in [0.15, 0.2) is 18.2 Å². The van der Waals surface area contributed by atoms with Crippen molar-refractivity contribution < 1.29 is 18.7 Å². The molecule has 1 fully saturated rings. The molecule has 108 valence electrons. The number of ether oxygens (including phenoxy) is 1. The van der Waals surface area contributed by atoms with Gasteiger partial charge in [0, 0.05) is 6.54 Å². The lowest BCUT2D eigenvalue weighted by atomic mass is 10.00. The smallest absolute Gasteiger partial charge is 0.328 e. The average Bonchev–Trinajstić information content (AvgIpc) is 2.48. The molecule has 1 aromatic rings. The lowest BCUT2D eigenvalue weighted by Gasteiger charge is -2.33. The maximum absolute atomic E-state index is 14.1. The van der Waals surface area contributed by atoms with Crippen molar-refractivity contribution in [2.24, 2.45) is 0 Å². The van der Waals surface area contributed by atoms with E-state index in [1.54, 1.807) is 19.1 Å². The van der Waals surface area contributed by atoms with Gasteiger partial charge in [0.2, 0.25) is 0 Å². The third-order valence-electron chi connectivity index (χ3n) is 3.66. The van der Waals surface area contributed by atoms with E-state index in [2.05, 4.69) is 0 Å². The highest BCUT2D eigenvalue weighted by atomic mass is 19.1. The molecule has 0 saturated carbocycles. The summed E-state index contributed by atoms with van der Waals surface area (Å²) in [7, 11) is 1.30. The molecule has 20 heavy (non-hydrogen) atoms. The Hall–Kier alpha value is -1.91. The maximum atomic E-state index is 14.1. The number of nitrogens with zero attached hydrogens (tertiary/aromatic N) is 1. The molecule has 1 aliphatic rings. The number of piperidine rings is 1. The molecule has 1 unspecified atom stereocenters. The number of hydrogen-bond acceptors (Lipinski definition) is 3. The van der Waals surface area contributed by atoms with E-state index in [0.717, 1.165) is 12.8 Å². The minimum Gasteiger partial charge on any atom is -0.467 e. The second-order valence-corrected chi connectivity index (χ2v) is 4.97. The lowest BCUT2D eigenvalue weighted by Crippen LogP contribution is -2.48. The number of hydrogen-bond donors (Lipinski definition) is 0. The lowest BCUT2D eigenvalue weighted by molar-refractivity contribution is -0.147. The van der Waals surface area contributed by atoms with Crippen LogP contribution < -0.4 is 0 Å². The van der Waals surface area contributed by atoms with E-state index in [1.165, 1.54) is 18.1 Å². The van der Waals surface area contributed by atoms with E-state index < -0.39 is 23.7 Å². The molecule has 1 atom stereocenters. The van der Waals surface area contributed by atoms with Gasteiger partial charge in [-0.3, -0.25) is 4.79 Å². The molecule has 1 saturated heterocycles. The third-order valence-corrected chi connectivity index (χ3v) is 3.66. The minimum absolute atomic E-state index is 0.0146. The zero-order valence-electron chi connectivity index (χ0n) is 11.7. The summed E-state index contributed by atoms with van der Waals surface area (Å²) in [6.07, 6.45) is 2.23. The molecule has 2 rings (SSSR count). The number of methoxy groups -OCH3 is 1. The minimum atomic E-state index is -0.610. The second kappa shape index (κ2) is 6.03. The molecule has 0 spiro atoms. The van der Waals surface area contributed by atoms with Crippen molar-refractivity contribution in [3.8, 4) is 0 Å². The van der Waals surface area contributed by atoms with Gasteiger partial charge in [0.15, 0.2) is 0 Å². The highest BCUT2D eigenvalue weighted by Gasteiger charge is 2.34. The number of benzene rings is 1. The molecule has 1 aliphatic heterocycles. The Balaban J connectivity index is 2.30. The molecule has 0 bridgehead atoms. The Kier molecular flexibility index (Phi) is 4.37. The summed E-state index contributed by atoms with van der Waals surface area (Å²) in [5.74, 6) is -1.40. The number of likely N-dealkylation sites (tertiary alicyclic amines) is 1. The summed E-state index contributed by atoms with van der Waals surface area (Å²) in [6, 6.07) is 4.09. The van der Waals surface area contributed by atoms with Crippen LogP contribution in [0.4, 0.5) is 4.39 Å². The molecule has 0 radical (unpaired) electrons. The van der Waals surface area contributed by atoms with Gasteiger partial charge in [0.25, 0.3) is 5.91 Å². The van der Waals surface area contributed by atoms with Gasteiger partial charge in [0.05, 0.1) is 12.7 Å². The number of esters is 1. The van der Waals surface area contributed by atoms with Gasteiger partial charge in [-0.2, -0.15) is 0 Å². The van der Waals surface area contributed by atoms with Gasteiger partial charge in [-0.1, -0.05) is 12.1 Å². The van der Waals surface area contributed by atoms with E-state index in [1.807, 2.05) is 0 Å². The second-order valence-electron chi connectivity index (χ2n) is 4.97. The van der Waals surface area contributed by atoms with Crippen LogP contribution in [0.3, 0.4) is 0 Å². The van der Waals surface area contributed by atoms with E-state index in [-0.39, 0.29) is 5.56 Å². The summed E-state index contributed by atoms with van der Waals surface area (Å²) in [4.78, 5) is 25.7. The Bertz CT molecular complexity index is 530. The summed E-state index contributed by atoms with van der Waals surface area (Å²) in [5, 5.41) is 0. The van der Waals surface area contributed by atoms with Crippen molar-refractivity contribution in [1.29, 1.82) is 0 Å². The number of aryl methyl sites for hydroxylation is 1. The topological polar surface area (TPSA) is 46.6 Å². The maximum Gasteiger partial charge on any atom is 0.328 e. The number of halogens is 1. The highest BCUT2D eigenvalue weighted by Crippen LogP contribution is 2.22. The van der Waals surface area contributed by atoms with Crippen LogP contribution in [0, 0.1) is 12.7 Å². The fourth-order valence-corrected chi connectivity index (χ4v) is 2.52. The predicted molar refractivity (Wildman–Crippen MR) is 71.8 cm³/mol. The predicted octanol–water partition coefficient (Wildman–Crippen LogP) is 2.30. The molecule has 4 nitrogen and oxygen atoms in total. The molecule has 0 aliphatic carbocycles. The first-order chi connectivity index (χ1) is 9.56. The van der Waals surface area contributed by atoms with Crippen molar-refractivity contribution in [3.05, 3.63) is 35.1 Å². The van der Waals surface area contributed by atoms with Crippen LogP contribution in [-0.2, 0) is 9.53 Å². The number of rotatable bonds is 2. The molecule has 0 N–H and O–H groups in total. The van der Waals surface area contributed by atoms with Crippen molar-refractivity contribution in [2.75, 3.05) is 13.7 Å². The van der Waals surface area contributed by atoms with Crippen molar-refractivity contribution in [2.45, 2.75) is 32.2 Å². The molecule has 0 aromatic heterocycles. The monoisotopic (exact) mass is 279 g/mol. The fourth-order valence-electron chi connectivity index (χ4n) is 2.52. The van der Waals surface area contributed by atoms with Crippen LogP contribution in [0.1, 0.15) is 35.2 Å². The normalized spacial score (nSPS) is 18.8. The van der Waals surface area contributed by atoms with E-state index >= 15 is 0 Å². The van der Waals surface area contributed by atoms with Crippen LogP contribution in [0.2, 0.25) is 0 Å². The van der Waals surface area contributed by atoms with E-state index in [4.69, 9.17) is 4.74 Å². The number of amides is 1. The molecular weight excluding hydrogens is 261 g/mol. The number of carbonyl (C=O) groups is 2. The summed E-state index contributed by atoms with van der Waals surface area (Å²) in [5.41, 5.74) is 0.434. The fraction of sp³-hybridized carbons (Fsp3) is 0.467. The molecule has 5 heteroatoms. The first-order valence-electron chi connectivity index (χ1n) is 6.70. The van der Waals surface area contributed by atoms with Gasteiger partial charge in [-0.05, 0) is 37.8 Å².